The Labute approximate surface area is 182 Å². The number of hydrogen-bond donors (Lipinski definition) is 2. The van der Waals surface area contributed by atoms with Gasteiger partial charge >= 0.3 is 0 Å². The quantitative estimate of drug-likeness (QED) is 0.565. The summed E-state index contributed by atoms with van der Waals surface area (Å²) < 4.78 is 0.726. The number of hydrogen-bond acceptors (Lipinski definition) is 7. The van der Waals surface area contributed by atoms with E-state index in [1.165, 1.54) is 23.1 Å². The van der Waals surface area contributed by atoms with Gasteiger partial charge in [-0.2, -0.15) is 0 Å². The highest BCUT2D eigenvalue weighted by atomic mass is 32.2. The van der Waals surface area contributed by atoms with Crippen molar-refractivity contribution in [1.82, 2.24) is 10.2 Å². The number of carbonyl (C=O) groups is 2. The lowest BCUT2D eigenvalue weighted by Crippen LogP contribution is -2.40. The second kappa shape index (κ2) is 9.27. The Balaban J connectivity index is 1.39. The fourth-order valence-electron chi connectivity index (χ4n) is 3.27. The lowest BCUT2D eigenvalue weighted by Gasteiger charge is -2.27. The highest BCUT2D eigenvalue weighted by molar-refractivity contribution is 8.01. The Kier molecular flexibility index (Phi) is 6.29. The van der Waals surface area contributed by atoms with E-state index in [0.29, 0.717) is 12.2 Å². The molecule has 0 spiro atoms. The van der Waals surface area contributed by atoms with Crippen molar-refractivity contribution in [2.75, 3.05) is 21.3 Å². The number of para-hydroxylation sites is 2. The molecule has 0 saturated heterocycles. The number of nitrogens with one attached hydrogen (secondary N) is 2. The average molecular weight is 440 g/mol. The van der Waals surface area contributed by atoms with Gasteiger partial charge in [0.05, 0.1) is 17.1 Å². The molecule has 1 aliphatic heterocycles. The van der Waals surface area contributed by atoms with Crippen molar-refractivity contribution < 1.29 is 9.59 Å². The van der Waals surface area contributed by atoms with Crippen LogP contribution in [-0.2, 0) is 16.1 Å². The van der Waals surface area contributed by atoms with Crippen LogP contribution in [0.2, 0.25) is 0 Å². The third-order valence-electron chi connectivity index (χ3n) is 4.64. The average Bonchev–Trinajstić information content (AvgIpc) is 3.15. The van der Waals surface area contributed by atoms with Crippen molar-refractivity contribution in [2.45, 2.75) is 30.3 Å². The number of rotatable bonds is 6. The van der Waals surface area contributed by atoms with Gasteiger partial charge in [0.1, 0.15) is 0 Å². The van der Waals surface area contributed by atoms with Gasteiger partial charge in [-0.3, -0.25) is 9.59 Å². The summed E-state index contributed by atoms with van der Waals surface area (Å²) >= 11 is 2.78. The first-order chi connectivity index (χ1) is 14.6. The molecular weight excluding hydrogens is 418 g/mol. The highest BCUT2D eigenvalue weighted by Gasteiger charge is 2.29. The van der Waals surface area contributed by atoms with Crippen LogP contribution in [0.15, 0.2) is 58.9 Å². The van der Waals surface area contributed by atoms with Crippen LogP contribution in [0, 0.1) is 0 Å². The van der Waals surface area contributed by atoms with Crippen LogP contribution in [-0.4, -0.2) is 33.8 Å². The third kappa shape index (κ3) is 4.80. The minimum Gasteiger partial charge on any atom is -0.356 e. The van der Waals surface area contributed by atoms with Gasteiger partial charge in [-0.05, 0) is 24.6 Å². The lowest BCUT2D eigenvalue weighted by atomic mass is 10.2. The summed E-state index contributed by atoms with van der Waals surface area (Å²) in [7, 11) is 0. The predicted molar refractivity (Wildman–Crippen MR) is 121 cm³/mol. The summed E-state index contributed by atoms with van der Waals surface area (Å²) in [5.74, 6) is 0.0711. The molecule has 1 aliphatic rings. The van der Waals surface area contributed by atoms with Crippen LogP contribution < -0.4 is 15.5 Å². The van der Waals surface area contributed by atoms with Gasteiger partial charge in [0.25, 0.3) is 0 Å². The van der Waals surface area contributed by atoms with Gasteiger partial charge in [-0.25, -0.2) is 0 Å². The summed E-state index contributed by atoms with van der Waals surface area (Å²) in [5, 5.41) is 15.2. The molecule has 1 atom stereocenters. The number of anilines is 3. The first kappa shape index (κ1) is 20.4. The van der Waals surface area contributed by atoms with E-state index in [2.05, 4.69) is 20.8 Å². The molecular formula is C21H21N5O2S2. The van der Waals surface area contributed by atoms with E-state index >= 15 is 0 Å². The summed E-state index contributed by atoms with van der Waals surface area (Å²) in [6.07, 6.45) is 0.261. The van der Waals surface area contributed by atoms with Crippen LogP contribution in [0.5, 0.6) is 0 Å². The molecule has 1 aromatic heterocycles. The minimum atomic E-state index is -0.223. The van der Waals surface area contributed by atoms with Gasteiger partial charge in [0.15, 0.2) is 4.34 Å². The van der Waals surface area contributed by atoms with Crippen LogP contribution in [0.4, 0.5) is 16.5 Å². The Hall–Kier alpha value is -2.91. The van der Waals surface area contributed by atoms with E-state index in [-0.39, 0.29) is 30.0 Å². The van der Waals surface area contributed by atoms with Crippen molar-refractivity contribution >= 4 is 51.4 Å². The number of thioether (sulfide) groups is 1. The van der Waals surface area contributed by atoms with Crippen molar-refractivity contribution in [2.24, 2.45) is 0 Å². The second-order valence-corrected chi connectivity index (χ2v) is 9.08. The normalized spacial score (nSPS) is 15.8. The number of fused-ring (bicyclic) bond motifs is 1. The molecule has 0 radical (unpaired) electrons. The zero-order valence-electron chi connectivity index (χ0n) is 16.4. The third-order valence-corrected chi connectivity index (χ3v) is 6.64. The Morgan fingerprint density at radius 2 is 1.97 bits per heavy atom. The topological polar surface area (TPSA) is 87.2 Å². The van der Waals surface area contributed by atoms with Gasteiger partial charge in [-0.15, -0.1) is 10.2 Å². The summed E-state index contributed by atoms with van der Waals surface area (Å²) in [4.78, 5) is 26.8. The summed E-state index contributed by atoms with van der Waals surface area (Å²) in [5.41, 5.74) is 2.55. The van der Waals surface area contributed by atoms with E-state index < -0.39 is 0 Å². The monoisotopic (exact) mass is 439 g/mol. The standard InChI is InChI=1S/C21H21N5O2S2/c1-14-11-18(27)23-16-9-5-6-10-17(16)26(14)19(28)13-29-21-25-24-20(30-21)22-12-15-7-3-2-4-8-15/h2-10,14H,11-13H2,1H3,(H,22,24)(H,23,27). The van der Waals surface area contributed by atoms with E-state index in [9.17, 15) is 9.59 Å². The SMILES string of the molecule is CC1CC(=O)Nc2ccccc2N1C(=O)CSc1nnc(NCc2ccccc2)s1. The number of nitrogens with zero attached hydrogens (tertiary/aromatic N) is 3. The molecule has 7 nitrogen and oxygen atoms in total. The predicted octanol–water partition coefficient (Wildman–Crippen LogP) is 4.01. The summed E-state index contributed by atoms with van der Waals surface area (Å²) in [6.45, 7) is 2.56. The molecule has 2 heterocycles. The maximum absolute atomic E-state index is 13.0. The first-order valence-electron chi connectivity index (χ1n) is 9.55. The van der Waals surface area contributed by atoms with Gasteiger partial charge in [0, 0.05) is 19.0 Å². The lowest BCUT2D eigenvalue weighted by molar-refractivity contribution is -0.117. The second-order valence-electron chi connectivity index (χ2n) is 6.88. The zero-order valence-corrected chi connectivity index (χ0v) is 18.0. The van der Waals surface area contributed by atoms with Crippen LogP contribution in [0.25, 0.3) is 0 Å². The number of aromatic nitrogens is 2. The highest BCUT2D eigenvalue weighted by Crippen LogP contribution is 2.33. The largest absolute Gasteiger partial charge is 0.356 e. The van der Waals surface area contributed by atoms with Gasteiger partial charge in [-0.1, -0.05) is 65.6 Å². The molecule has 2 amide bonds. The molecule has 154 valence electrons. The molecule has 30 heavy (non-hydrogen) atoms. The molecule has 0 aliphatic carbocycles. The van der Waals surface area contributed by atoms with Crippen LogP contribution >= 0.6 is 23.1 Å². The smallest absolute Gasteiger partial charge is 0.237 e. The van der Waals surface area contributed by atoms with E-state index in [1.54, 1.807) is 4.90 Å². The number of carbonyl (C=O) groups excluding carboxylic acids is 2. The maximum Gasteiger partial charge on any atom is 0.237 e. The molecule has 2 aromatic carbocycles. The van der Waals surface area contributed by atoms with Crippen LogP contribution in [0.3, 0.4) is 0 Å². The Bertz CT molecular complexity index is 1040. The van der Waals surface area contributed by atoms with Crippen molar-refractivity contribution in [1.29, 1.82) is 0 Å². The summed E-state index contributed by atoms with van der Waals surface area (Å²) in [6, 6.07) is 17.2. The van der Waals surface area contributed by atoms with E-state index in [1.807, 2.05) is 61.5 Å². The molecule has 1 unspecified atom stereocenters. The fourth-order valence-corrected chi connectivity index (χ4v) is 4.88. The molecule has 3 aromatic rings. The maximum atomic E-state index is 13.0. The van der Waals surface area contributed by atoms with Crippen molar-refractivity contribution in [3.05, 3.63) is 60.2 Å². The Morgan fingerprint density at radius 3 is 2.80 bits per heavy atom. The minimum absolute atomic E-state index is 0.0644. The van der Waals surface area contributed by atoms with Gasteiger partial charge < -0.3 is 15.5 Å². The van der Waals surface area contributed by atoms with Crippen LogP contribution in [0.1, 0.15) is 18.9 Å². The molecule has 0 fully saturated rings. The zero-order chi connectivity index (χ0) is 20.9. The molecule has 0 saturated carbocycles. The van der Waals surface area contributed by atoms with Crippen molar-refractivity contribution in [3.63, 3.8) is 0 Å². The Morgan fingerprint density at radius 1 is 1.20 bits per heavy atom. The molecule has 2 N–H and O–H groups in total. The molecule has 0 bridgehead atoms. The number of amides is 2. The van der Waals surface area contributed by atoms with E-state index in [4.69, 9.17) is 0 Å². The van der Waals surface area contributed by atoms with Gasteiger partial charge in [0.2, 0.25) is 16.9 Å². The first-order valence-corrected chi connectivity index (χ1v) is 11.4. The van der Waals surface area contributed by atoms with E-state index in [0.717, 1.165) is 20.7 Å². The number of benzene rings is 2. The van der Waals surface area contributed by atoms with Crippen molar-refractivity contribution in [3.8, 4) is 0 Å². The fraction of sp³-hybridized carbons (Fsp3) is 0.238. The molecule has 9 heteroatoms. The molecule has 4 rings (SSSR count).